The van der Waals surface area contributed by atoms with Crippen molar-refractivity contribution in [1.29, 1.82) is 0 Å². The first-order valence-corrected chi connectivity index (χ1v) is 4.40. The molecule has 1 aromatic heterocycles. The SMILES string of the molecule is CC(C)(C)Oc1cc(F)nc(F)c1[N+](=O)[O-]. The summed E-state index contributed by atoms with van der Waals surface area (Å²) in [5.74, 6) is -3.13. The summed E-state index contributed by atoms with van der Waals surface area (Å²) in [7, 11) is 0. The molecule has 0 aliphatic carbocycles. The third kappa shape index (κ3) is 2.85. The molecule has 88 valence electrons. The Morgan fingerprint density at radius 1 is 1.44 bits per heavy atom. The highest BCUT2D eigenvalue weighted by molar-refractivity contribution is 5.45. The second kappa shape index (κ2) is 3.99. The zero-order valence-electron chi connectivity index (χ0n) is 8.95. The van der Waals surface area contributed by atoms with Crippen molar-refractivity contribution in [2.75, 3.05) is 0 Å². The Bertz CT molecular complexity index is 429. The fraction of sp³-hybridized carbons (Fsp3) is 0.444. The lowest BCUT2D eigenvalue weighted by molar-refractivity contribution is -0.389. The molecule has 0 radical (unpaired) electrons. The summed E-state index contributed by atoms with van der Waals surface area (Å²) in [5, 5.41) is 10.6. The van der Waals surface area contributed by atoms with Crippen LogP contribution in [0.1, 0.15) is 20.8 Å². The number of nitro groups is 1. The van der Waals surface area contributed by atoms with E-state index in [2.05, 4.69) is 4.98 Å². The molecule has 5 nitrogen and oxygen atoms in total. The molecule has 0 amide bonds. The summed E-state index contributed by atoms with van der Waals surface area (Å²) in [6.07, 6.45) is 0. The third-order valence-electron chi connectivity index (χ3n) is 1.48. The van der Waals surface area contributed by atoms with Crippen molar-refractivity contribution >= 4 is 5.69 Å². The van der Waals surface area contributed by atoms with E-state index in [-0.39, 0.29) is 0 Å². The van der Waals surface area contributed by atoms with E-state index < -0.39 is 33.9 Å². The van der Waals surface area contributed by atoms with E-state index in [9.17, 15) is 18.9 Å². The molecule has 0 N–H and O–H groups in total. The van der Waals surface area contributed by atoms with Crippen LogP contribution in [0.15, 0.2) is 6.07 Å². The Balaban J connectivity index is 3.30. The van der Waals surface area contributed by atoms with Gasteiger partial charge in [0.05, 0.1) is 4.92 Å². The van der Waals surface area contributed by atoms with Gasteiger partial charge in [0.2, 0.25) is 11.7 Å². The second-order valence-corrected chi connectivity index (χ2v) is 4.05. The summed E-state index contributed by atoms with van der Waals surface area (Å²) in [6, 6.07) is 0.687. The number of aromatic nitrogens is 1. The van der Waals surface area contributed by atoms with E-state index in [1.54, 1.807) is 20.8 Å². The molecule has 0 fully saturated rings. The molecule has 0 aromatic carbocycles. The van der Waals surface area contributed by atoms with E-state index in [0.717, 1.165) is 0 Å². The molecule has 1 rings (SSSR count). The molecule has 16 heavy (non-hydrogen) atoms. The van der Waals surface area contributed by atoms with Gasteiger partial charge < -0.3 is 4.74 Å². The van der Waals surface area contributed by atoms with Crippen LogP contribution < -0.4 is 4.74 Å². The fourth-order valence-electron chi connectivity index (χ4n) is 1.03. The Morgan fingerprint density at radius 3 is 2.44 bits per heavy atom. The van der Waals surface area contributed by atoms with Gasteiger partial charge in [-0.3, -0.25) is 10.1 Å². The smallest absolute Gasteiger partial charge is 0.365 e. The lowest BCUT2D eigenvalue weighted by Crippen LogP contribution is -2.24. The number of nitrogens with zero attached hydrogens (tertiary/aromatic N) is 2. The van der Waals surface area contributed by atoms with Crippen LogP contribution in [0.25, 0.3) is 0 Å². The quantitative estimate of drug-likeness (QED) is 0.446. The Kier molecular flexibility index (Phi) is 3.06. The highest BCUT2D eigenvalue weighted by Crippen LogP contribution is 2.31. The number of ether oxygens (including phenoxy) is 1. The number of hydrogen-bond acceptors (Lipinski definition) is 4. The number of pyridine rings is 1. The lowest BCUT2D eigenvalue weighted by Gasteiger charge is -2.20. The van der Waals surface area contributed by atoms with Crippen LogP contribution in [-0.2, 0) is 0 Å². The first kappa shape index (κ1) is 12.3. The van der Waals surface area contributed by atoms with Gasteiger partial charge in [-0.2, -0.15) is 13.8 Å². The van der Waals surface area contributed by atoms with E-state index >= 15 is 0 Å². The average Bonchev–Trinajstić information content (AvgIpc) is 1.96. The van der Waals surface area contributed by atoms with Crippen molar-refractivity contribution in [2.24, 2.45) is 0 Å². The van der Waals surface area contributed by atoms with Gasteiger partial charge in [0.25, 0.3) is 5.95 Å². The lowest BCUT2D eigenvalue weighted by atomic mass is 10.2. The van der Waals surface area contributed by atoms with E-state index in [4.69, 9.17) is 4.74 Å². The maximum Gasteiger partial charge on any atom is 0.365 e. The molecular formula is C9H10F2N2O3. The van der Waals surface area contributed by atoms with E-state index in [1.807, 2.05) is 0 Å². The van der Waals surface area contributed by atoms with Crippen LogP contribution >= 0.6 is 0 Å². The van der Waals surface area contributed by atoms with Gasteiger partial charge in [0.15, 0.2) is 0 Å². The summed E-state index contributed by atoms with van der Waals surface area (Å²) in [4.78, 5) is 12.3. The van der Waals surface area contributed by atoms with Crippen LogP contribution in [0.2, 0.25) is 0 Å². The standard InChI is InChI=1S/C9H10F2N2O3/c1-9(2,3)16-5-4-6(10)12-8(11)7(5)13(14)15/h4H,1-3H3. The zero-order valence-corrected chi connectivity index (χ0v) is 8.95. The molecule has 1 heterocycles. The van der Waals surface area contributed by atoms with Crippen LogP contribution in [0.4, 0.5) is 14.5 Å². The monoisotopic (exact) mass is 232 g/mol. The Hall–Kier alpha value is -1.79. The van der Waals surface area contributed by atoms with Crippen LogP contribution in [0.5, 0.6) is 5.75 Å². The molecule has 0 atom stereocenters. The van der Waals surface area contributed by atoms with Gasteiger partial charge in [-0.1, -0.05) is 0 Å². The van der Waals surface area contributed by atoms with Gasteiger partial charge in [-0.15, -0.1) is 0 Å². The minimum Gasteiger partial charge on any atom is -0.481 e. The van der Waals surface area contributed by atoms with Crippen LogP contribution in [0.3, 0.4) is 0 Å². The molecule has 0 aliphatic rings. The second-order valence-electron chi connectivity index (χ2n) is 4.05. The van der Waals surface area contributed by atoms with Crippen molar-refractivity contribution < 1.29 is 18.4 Å². The van der Waals surface area contributed by atoms with Crippen molar-refractivity contribution in [1.82, 2.24) is 4.98 Å². The van der Waals surface area contributed by atoms with Gasteiger partial charge >= 0.3 is 5.69 Å². The highest BCUT2D eigenvalue weighted by atomic mass is 19.1. The Morgan fingerprint density at radius 2 is 2.00 bits per heavy atom. The van der Waals surface area contributed by atoms with Crippen molar-refractivity contribution in [3.8, 4) is 5.75 Å². The van der Waals surface area contributed by atoms with Crippen molar-refractivity contribution in [2.45, 2.75) is 26.4 Å². The zero-order chi connectivity index (χ0) is 12.5. The third-order valence-corrected chi connectivity index (χ3v) is 1.48. The summed E-state index contributed by atoms with van der Waals surface area (Å²) >= 11 is 0. The Labute approximate surface area is 90.2 Å². The van der Waals surface area contributed by atoms with Gasteiger partial charge in [-0.25, -0.2) is 0 Å². The van der Waals surface area contributed by atoms with E-state index in [1.165, 1.54) is 0 Å². The topological polar surface area (TPSA) is 65.3 Å². The van der Waals surface area contributed by atoms with E-state index in [0.29, 0.717) is 6.07 Å². The normalized spacial score (nSPS) is 11.3. The summed E-state index contributed by atoms with van der Waals surface area (Å²) in [5.41, 5.74) is -1.76. The van der Waals surface area contributed by atoms with Crippen LogP contribution in [-0.4, -0.2) is 15.5 Å². The molecule has 0 spiro atoms. The molecule has 7 heteroatoms. The largest absolute Gasteiger partial charge is 0.481 e. The summed E-state index contributed by atoms with van der Waals surface area (Å²) in [6.45, 7) is 4.81. The molecule has 1 aromatic rings. The first-order chi connectivity index (χ1) is 7.20. The molecule has 0 aliphatic heterocycles. The molecular weight excluding hydrogens is 222 g/mol. The van der Waals surface area contributed by atoms with Crippen molar-refractivity contribution in [3.63, 3.8) is 0 Å². The van der Waals surface area contributed by atoms with Gasteiger partial charge in [0, 0.05) is 6.07 Å². The minimum absolute atomic E-state index is 0.470. The number of hydrogen-bond donors (Lipinski definition) is 0. The number of rotatable bonds is 2. The molecule has 0 saturated heterocycles. The predicted molar refractivity (Wildman–Crippen MR) is 51.2 cm³/mol. The maximum absolute atomic E-state index is 13.1. The summed E-state index contributed by atoms with van der Waals surface area (Å²) < 4.78 is 31.0. The van der Waals surface area contributed by atoms with Gasteiger partial charge in [0.1, 0.15) is 5.60 Å². The fourth-order valence-corrected chi connectivity index (χ4v) is 1.03. The highest BCUT2D eigenvalue weighted by Gasteiger charge is 2.27. The molecule has 0 saturated carbocycles. The van der Waals surface area contributed by atoms with Crippen molar-refractivity contribution in [3.05, 3.63) is 28.1 Å². The molecule has 0 bridgehead atoms. The predicted octanol–water partition coefficient (Wildman–Crippen LogP) is 2.45. The molecule has 0 unspecified atom stereocenters. The maximum atomic E-state index is 13.1. The first-order valence-electron chi connectivity index (χ1n) is 4.40. The van der Waals surface area contributed by atoms with Gasteiger partial charge in [-0.05, 0) is 20.8 Å². The number of halogens is 2. The average molecular weight is 232 g/mol. The minimum atomic E-state index is -1.50. The van der Waals surface area contributed by atoms with Crippen LogP contribution in [0, 0.1) is 22.0 Å².